The molecule has 0 bridgehead atoms. The first kappa shape index (κ1) is 35.9. The van der Waals surface area contributed by atoms with Gasteiger partial charge in [-0.3, -0.25) is 0 Å². The van der Waals surface area contributed by atoms with Crippen molar-refractivity contribution in [2.24, 2.45) is 0 Å². The Kier molecular flexibility index (Phi) is 11.1. The van der Waals surface area contributed by atoms with Crippen molar-refractivity contribution in [2.45, 2.75) is 152 Å². The normalized spacial score (nSPS) is 23.6. The molecule has 3 unspecified atom stereocenters. The van der Waals surface area contributed by atoms with Crippen LogP contribution in [0.1, 0.15) is 102 Å². The van der Waals surface area contributed by atoms with E-state index in [-0.39, 0.29) is 10.8 Å². The summed E-state index contributed by atoms with van der Waals surface area (Å²) in [5, 5.41) is 27.7. The molecule has 4 rings (SSSR count). The standard InChI is InChI=1S/C36H60O2S2Si2.Zr/c1-35(2,3)27-19-25(33(37)31(21-27)41(7,8)9)23-39-29-17-15-13-14-16-18-30(29)40-24-26-20-28(36(4,5)6)22-32(34(26)38)42(10,11)12;/h19-22,29-30,37-38H,13-18,23-24H2,1-12H3;/t29-,30?;/m0./s1. The van der Waals surface area contributed by atoms with Gasteiger partial charge in [-0.25, -0.2) is 0 Å². The molecule has 0 saturated heterocycles. The zero-order chi connectivity index (χ0) is 32.1. The van der Waals surface area contributed by atoms with E-state index >= 15 is 0 Å². The van der Waals surface area contributed by atoms with E-state index in [0.717, 1.165) is 22.0 Å². The van der Waals surface area contributed by atoms with Crippen molar-refractivity contribution in [2.75, 3.05) is 0 Å². The van der Waals surface area contributed by atoms with E-state index in [1.807, 2.05) is 0 Å². The molecular weight excluding hydrogens is 676 g/mol. The Morgan fingerprint density at radius 2 is 0.977 bits per heavy atom. The minimum absolute atomic E-state index is 0.0757. The number of rotatable bonds is 6. The first-order valence-electron chi connectivity index (χ1n) is 16.6. The fourth-order valence-corrected chi connectivity index (χ4v) is 38.4. The summed E-state index contributed by atoms with van der Waals surface area (Å²) in [4.78, 5) is 0. The molecule has 1 heterocycles. The average molecular weight is 736 g/mol. The fraction of sp³-hybridized carbons (Fsp3) is 0.667. The molecule has 0 amide bonds. The van der Waals surface area contributed by atoms with E-state index in [2.05, 4.69) is 105 Å². The van der Waals surface area contributed by atoms with E-state index in [9.17, 15) is 10.2 Å². The molecule has 1 aliphatic heterocycles. The third kappa shape index (κ3) is 8.51. The predicted octanol–water partition coefficient (Wildman–Crippen LogP) is 10.0. The van der Waals surface area contributed by atoms with Crippen molar-refractivity contribution in [3.8, 4) is 11.5 Å². The van der Waals surface area contributed by atoms with Crippen molar-refractivity contribution in [1.82, 2.24) is 0 Å². The van der Waals surface area contributed by atoms with Crippen LogP contribution in [0.4, 0.5) is 0 Å². The van der Waals surface area contributed by atoms with E-state index in [0.29, 0.717) is 25.7 Å². The first-order valence-corrected chi connectivity index (χ1v) is 32.5. The van der Waals surface area contributed by atoms with Gasteiger partial charge in [0.2, 0.25) is 0 Å². The summed E-state index contributed by atoms with van der Waals surface area (Å²) in [5.41, 5.74) is 5.43. The second-order valence-corrected chi connectivity index (χ2v) is 43.0. The number of aromatic hydroxyl groups is 2. The van der Waals surface area contributed by atoms with E-state index in [1.54, 1.807) is 0 Å². The molecule has 1 fully saturated rings. The Hall–Kier alpha value is 0.0569. The molecule has 2 aromatic carbocycles. The van der Waals surface area contributed by atoms with Crippen LogP contribution in [0, 0.1) is 0 Å². The second-order valence-electron chi connectivity index (χ2n) is 17.4. The maximum absolute atomic E-state index is 11.8. The van der Waals surface area contributed by atoms with Gasteiger partial charge in [-0.15, -0.1) is 0 Å². The average Bonchev–Trinajstić information content (AvgIpc) is 3.12. The molecule has 2 nitrogen and oxygen atoms in total. The molecule has 0 spiro atoms. The molecule has 43 heavy (non-hydrogen) atoms. The van der Waals surface area contributed by atoms with Crippen LogP contribution in [0.3, 0.4) is 0 Å². The van der Waals surface area contributed by atoms with Gasteiger partial charge in [0.25, 0.3) is 0 Å². The van der Waals surface area contributed by atoms with Gasteiger partial charge in [-0.1, -0.05) is 0 Å². The summed E-state index contributed by atoms with van der Waals surface area (Å²) >= 11 is -0.755. The summed E-state index contributed by atoms with van der Waals surface area (Å²) < 4.78 is 0. The maximum atomic E-state index is 11.8. The Bertz CT molecular complexity index is 1330. The zero-order valence-electron chi connectivity index (χ0n) is 29.3. The molecule has 1 saturated carbocycles. The monoisotopic (exact) mass is 734 g/mol. The molecule has 0 aromatic heterocycles. The molecule has 2 aromatic rings. The number of phenols is 2. The zero-order valence-corrected chi connectivity index (χ0v) is 35.4. The quantitative estimate of drug-likeness (QED) is 0.290. The summed E-state index contributed by atoms with van der Waals surface area (Å²) in [5.74, 6) is 3.45. The predicted molar refractivity (Wildman–Crippen MR) is 197 cm³/mol. The Balaban J connectivity index is 1.86. The summed E-state index contributed by atoms with van der Waals surface area (Å²) in [7, 11) is -2.55. The van der Waals surface area contributed by atoms with Gasteiger partial charge in [0.15, 0.2) is 0 Å². The van der Waals surface area contributed by atoms with Crippen LogP contribution in [0.2, 0.25) is 39.3 Å². The third-order valence-corrected chi connectivity index (χ3v) is 35.2. The van der Waals surface area contributed by atoms with Gasteiger partial charge in [-0.2, -0.15) is 0 Å². The Morgan fingerprint density at radius 1 is 0.628 bits per heavy atom. The van der Waals surface area contributed by atoms with Crippen LogP contribution in [0.5, 0.6) is 11.5 Å². The Labute approximate surface area is 278 Å². The van der Waals surface area contributed by atoms with Crippen LogP contribution in [-0.4, -0.2) is 36.9 Å². The van der Waals surface area contributed by atoms with Crippen LogP contribution in [0.15, 0.2) is 24.3 Å². The van der Waals surface area contributed by atoms with Crippen LogP contribution < -0.4 is 10.4 Å². The van der Waals surface area contributed by atoms with E-state index < -0.39 is 35.3 Å². The number of hydrogen-bond acceptors (Lipinski definition) is 2. The SMILES string of the molecule is CC(C)(C)c1cc(C[S]2=[Zr]=[S](Cc3cc(C(C)(C)C)cc([Si](C)(C)C)c3O)[C@H]3CCCCCCC32)c(O)c([Si](C)(C)C)c1. The third-order valence-electron chi connectivity index (χ3n) is 9.43. The van der Waals surface area contributed by atoms with Crippen LogP contribution in [0.25, 0.3) is 0 Å². The number of hydrogen-bond donors (Lipinski definition) is 2. The topological polar surface area (TPSA) is 40.5 Å². The minimum atomic E-state index is -1.69. The van der Waals surface area contributed by atoms with Gasteiger partial charge in [-0.05, 0) is 0 Å². The van der Waals surface area contributed by atoms with Crippen LogP contribution >= 0.6 is 14.2 Å². The van der Waals surface area contributed by atoms with E-state index in [4.69, 9.17) is 0 Å². The fourth-order valence-electron chi connectivity index (χ4n) is 6.56. The van der Waals surface area contributed by atoms with Gasteiger partial charge < -0.3 is 0 Å². The van der Waals surface area contributed by atoms with Gasteiger partial charge >= 0.3 is 280 Å². The van der Waals surface area contributed by atoms with Gasteiger partial charge in [0.1, 0.15) is 0 Å². The molecule has 7 heteroatoms. The Morgan fingerprint density at radius 3 is 1.28 bits per heavy atom. The second kappa shape index (κ2) is 13.3. The van der Waals surface area contributed by atoms with Gasteiger partial charge in [0, 0.05) is 0 Å². The van der Waals surface area contributed by atoms with Crippen molar-refractivity contribution in [1.29, 1.82) is 0 Å². The van der Waals surface area contributed by atoms with Gasteiger partial charge in [0.05, 0.1) is 0 Å². The number of benzene rings is 2. The van der Waals surface area contributed by atoms with Crippen molar-refractivity contribution in [3.05, 3.63) is 46.5 Å². The molecule has 1 aliphatic carbocycles. The first-order chi connectivity index (χ1) is 19.7. The van der Waals surface area contributed by atoms with Crippen molar-refractivity contribution in [3.63, 3.8) is 0 Å². The summed E-state index contributed by atoms with van der Waals surface area (Å²) in [6.45, 7) is 28.2. The molecule has 0 radical (unpaired) electrons. The number of fused-ring (bicyclic) bond motifs is 1. The van der Waals surface area contributed by atoms with Crippen LogP contribution in [-0.2, 0) is 41.5 Å². The molecule has 240 valence electrons. The van der Waals surface area contributed by atoms with Crippen molar-refractivity contribution >= 4 is 40.8 Å². The summed E-state index contributed by atoms with van der Waals surface area (Å²) in [6, 6.07) is 9.46. The van der Waals surface area contributed by atoms with E-state index in [1.165, 1.54) is 71.2 Å². The van der Waals surface area contributed by atoms with Crippen molar-refractivity contribution < 1.29 is 29.4 Å². The molecule has 2 N–H and O–H groups in total. The number of phenolic OH excluding ortho intramolecular Hbond substituents is 2. The molecule has 4 atom stereocenters. The molecule has 2 aliphatic rings. The molecular formula is C36H60O2S2Si2Zr. The summed E-state index contributed by atoms with van der Waals surface area (Å²) in [6.07, 6.45) is 8.29.